The van der Waals surface area contributed by atoms with Gasteiger partial charge in [-0.05, 0) is 31.4 Å². The molecule has 2 heterocycles. The average Bonchev–Trinajstić information content (AvgIpc) is 3.10. The highest BCUT2D eigenvalue weighted by atomic mass is 16.5. The molecular weight excluding hydrogens is 344 g/mol. The standard InChI is InChI=1S/C20H28N4O3/c1-14(2)15-4-6-16(7-5-15)20-21-18(27-22-20)12-24-10-8-17(9-11-24)23(3)13-19(25)26/h4-7,14,17H,8-13H2,1-3H3,(H,25,26). The van der Waals surface area contributed by atoms with Crippen LogP contribution in [-0.4, -0.2) is 63.7 Å². The summed E-state index contributed by atoms with van der Waals surface area (Å²) in [5.74, 6) is 0.962. The van der Waals surface area contributed by atoms with Crippen LogP contribution in [0.5, 0.6) is 0 Å². The molecule has 146 valence electrons. The van der Waals surface area contributed by atoms with Crippen molar-refractivity contribution in [1.82, 2.24) is 19.9 Å². The van der Waals surface area contributed by atoms with Crippen molar-refractivity contribution < 1.29 is 14.4 Å². The number of aliphatic carboxylic acids is 1. The van der Waals surface area contributed by atoms with Crippen LogP contribution in [0.15, 0.2) is 28.8 Å². The molecule has 0 aliphatic carbocycles. The molecule has 1 aliphatic heterocycles. The van der Waals surface area contributed by atoms with Crippen LogP contribution in [-0.2, 0) is 11.3 Å². The molecule has 0 atom stereocenters. The first-order valence-electron chi connectivity index (χ1n) is 9.49. The van der Waals surface area contributed by atoms with Crippen LogP contribution >= 0.6 is 0 Å². The van der Waals surface area contributed by atoms with Crippen LogP contribution in [0.1, 0.15) is 44.1 Å². The first-order valence-corrected chi connectivity index (χ1v) is 9.49. The van der Waals surface area contributed by atoms with Gasteiger partial charge in [0, 0.05) is 24.7 Å². The Morgan fingerprint density at radius 1 is 1.30 bits per heavy atom. The van der Waals surface area contributed by atoms with Crippen molar-refractivity contribution >= 4 is 5.97 Å². The number of nitrogens with zero attached hydrogens (tertiary/aromatic N) is 4. The molecule has 1 aromatic heterocycles. The molecule has 1 N–H and O–H groups in total. The van der Waals surface area contributed by atoms with E-state index in [0.717, 1.165) is 31.5 Å². The van der Waals surface area contributed by atoms with E-state index in [9.17, 15) is 4.79 Å². The minimum absolute atomic E-state index is 0.0906. The van der Waals surface area contributed by atoms with Gasteiger partial charge in [0.05, 0.1) is 13.1 Å². The highest BCUT2D eigenvalue weighted by molar-refractivity contribution is 5.69. The molecule has 0 radical (unpaired) electrons. The number of hydrogen-bond donors (Lipinski definition) is 1. The number of carboxylic acid groups (broad SMARTS) is 1. The zero-order valence-electron chi connectivity index (χ0n) is 16.3. The highest BCUT2D eigenvalue weighted by Gasteiger charge is 2.24. The van der Waals surface area contributed by atoms with Crippen molar-refractivity contribution in [2.75, 3.05) is 26.7 Å². The van der Waals surface area contributed by atoms with Crippen molar-refractivity contribution in [1.29, 1.82) is 0 Å². The van der Waals surface area contributed by atoms with Crippen molar-refractivity contribution in [3.05, 3.63) is 35.7 Å². The molecule has 7 nitrogen and oxygen atoms in total. The van der Waals surface area contributed by atoms with Gasteiger partial charge in [-0.15, -0.1) is 0 Å². The molecule has 0 unspecified atom stereocenters. The molecule has 3 rings (SSSR count). The Hall–Kier alpha value is -2.25. The molecule has 1 aromatic carbocycles. The lowest BCUT2D eigenvalue weighted by Crippen LogP contribution is -2.44. The molecule has 7 heteroatoms. The Labute approximate surface area is 160 Å². The number of hydrogen-bond acceptors (Lipinski definition) is 6. The molecule has 0 spiro atoms. The van der Waals surface area contributed by atoms with Crippen LogP contribution in [0, 0.1) is 0 Å². The number of benzene rings is 1. The summed E-state index contributed by atoms with van der Waals surface area (Å²) < 4.78 is 5.44. The minimum atomic E-state index is -0.778. The zero-order valence-corrected chi connectivity index (χ0v) is 16.3. The summed E-state index contributed by atoms with van der Waals surface area (Å²) in [6, 6.07) is 8.60. The molecule has 0 saturated carbocycles. The van der Waals surface area contributed by atoms with Crippen LogP contribution in [0.3, 0.4) is 0 Å². The van der Waals surface area contributed by atoms with Gasteiger partial charge >= 0.3 is 5.97 Å². The summed E-state index contributed by atoms with van der Waals surface area (Å²) in [6.45, 7) is 6.86. The van der Waals surface area contributed by atoms with Gasteiger partial charge in [0.25, 0.3) is 0 Å². The third kappa shape index (κ3) is 5.14. The lowest BCUT2D eigenvalue weighted by Gasteiger charge is -2.35. The quantitative estimate of drug-likeness (QED) is 0.800. The number of carbonyl (C=O) groups is 1. The highest BCUT2D eigenvalue weighted by Crippen LogP contribution is 2.22. The first-order chi connectivity index (χ1) is 12.9. The maximum absolute atomic E-state index is 10.8. The molecule has 0 bridgehead atoms. The fraction of sp³-hybridized carbons (Fsp3) is 0.550. The van der Waals surface area contributed by atoms with Crippen LogP contribution in [0.2, 0.25) is 0 Å². The van der Waals surface area contributed by atoms with E-state index >= 15 is 0 Å². The number of likely N-dealkylation sites (N-methyl/N-ethyl adjacent to an activating group) is 1. The molecule has 27 heavy (non-hydrogen) atoms. The van der Waals surface area contributed by atoms with Crippen LogP contribution in [0.25, 0.3) is 11.4 Å². The van der Waals surface area contributed by atoms with Crippen molar-refractivity contribution in [2.45, 2.75) is 45.2 Å². The van der Waals surface area contributed by atoms with Gasteiger partial charge in [-0.25, -0.2) is 0 Å². The summed E-state index contributed by atoms with van der Waals surface area (Å²) in [5.41, 5.74) is 2.25. The number of likely N-dealkylation sites (tertiary alicyclic amines) is 1. The minimum Gasteiger partial charge on any atom is -0.480 e. The molecule has 1 saturated heterocycles. The summed E-state index contributed by atoms with van der Waals surface area (Å²) >= 11 is 0. The fourth-order valence-corrected chi connectivity index (χ4v) is 3.51. The monoisotopic (exact) mass is 372 g/mol. The topological polar surface area (TPSA) is 82.7 Å². The van der Waals surface area contributed by atoms with E-state index in [4.69, 9.17) is 9.63 Å². The lowest BCUT2D eigenvalue weighted by molar-refractivity contribution is -0.138. The van der Waals surface area contributed by atoms with Crippen molar-refractivity contribution in [3.63, 3.8) is 0 Å². The predicted molar refractivity (Wildman–Crippen MR) is 102 cm³/mol. The van der Waals surface area contributed by atoms with Gasteiger partial charge in [0.15, 0.2) is 0 Å². The Bertz CT molecular complexity index is 749. The smallest absolute Gasteiger partial charge is 0.317 e. The average molecular weight is 372 g/mol. The molecule has 2 aromatic rings. The Morgan fingerprint density at radius 2 is 1.96 bits per heavy atom. The molecule has 1 fully saturated rings. The van der Waals surface area contributed by atoms with Gasteiger partial charge in [0.1, 0.15) is 0 Å². The van der Waals surface area contributed by atoms with Crippen LogP contribution < -0.4 is 0 Å². The van der Waals surface area contributed by atoms with Crippen LogP contribution in [0.4, 0.5) is 0 Å². The number of carboxylic acids is 1. The Kier molecular flexibility index (Phi) is 6.23. The lowest BCUT2D eigenvalue weighted by atomic mass is 10.0. The van der Waals surface area contributed by atoms with E-state index in [1.807, 2.05) is 24.1 Å². The third-order valence-corrected chi connectivity index (χ3v) is 5.23. The van der Waals surface area contributed by atoms with Gasteiger partial charge in [0.2, 0.25) is 11.7 Å². The van der Waals surface area contributed by atoms with Gasteiger partial charge < -0.3 is 9.63 Å². The first kappa shape index (κ1) is 19.5. The summed E-state index contributed by atoms with van der Waals surface area (Å²) in [4.78, 5) is 19.6. The Balaban J connectivity index is 1.53. The summed E-state index contributed by atoms with van der Waals surface area (Å²) in [7, 11) is 1.88. The summed E-state index contributed by atoms with van der Waals surface area (Å²) in [6.07, 6.45) is 1.89. The normalized spacial score (nSPS) is 16.3. The van der Waals surface area contributed by atoms with Crippen molar-refractivity contribution in [3.8, 4) is 11.4 Å². The van der Waals surface area contributed by atoms with Gasteiger partial charge in [-0.2, -0.15) is 4.98 Å². The van der Waals surface area contributed by atoms with E-state index in [1.165, 1.54) is 5.56 Å². The third-order valence-electron chi connectivity index (χ3n) is 5.23. The zero-order chi connectivity index (χ0) is 19.4. The largest absolute Gasteiger partial charge is 0.480 e. The number of aromatic nitrogens is 2. The second-order valence-electron chi connectivity index (χ2n) is 7.60. The second-order valence-corrected chi connectivity index (χ2v) is 7.60. The number of rotatable bonds is 7. The molecular formula is C20H28N4O3. The van der Waals surface area contributed by atoms with E-state index in [0.29, 0.717) is 30.2 Å². The van der Waals surface area contributed by atoms with Gasteiger partial charge in [-0.1, -0.05) is 43.3 Å². The Morgan fingerprint density at radius 3 is 2.56 bits per heavy atom. The maximum Gasteiger partial charge on any atom is 0.317 e. The van der Waals surface area contributed by atoms with Gasteiger partial charge in [-0.3, -0.25) is 14.6 Å². The fourth-order valence-electron chi connectivity index (χ4n) is 3.51. The SMILES string of the molecule is CC(C)c1ccc(-c2noc(CN3CCC(N(C)CC(=O)O)CC3)n2)cc1. The van der Waals surface area contributed by atoms with E-state index in [1.54, 1.807) is 0 Å². The van der Waals surface area contributed by atoms with E-state index in [2.05, 4.69) is 41.0 Å². The summed E-state index contributed by atoms with van der Waals surface area (Å²) in [5, 5.41) is 13.0. The number of piperidine rings is 1. The molecule has 0 amide bonds. The predicted octanol–water partition coefficient (Wildman–Crippen LogP) is 2.84. The van der Waals surface area contributed by atoms with E-state index < -0.39 is 5.97 Å². The van der Waals surface area contributed by atoms with E-state index in [-0.39, 0.29) is 6.54 Å². The maximum atomic E-state index is 10.8. The molecule has 1 aliphatic rings. The van der Waals surface area contributed by atoms with Crippen molar-refractivity contribution in [2.24, 2.45) is 0 Å². The second kappa shape index (κ2) is 8.63.